The standard InChI is InChI=1S/C32H50N2O5/c1-3-4-5-6-7-8-9-10-11-12-13-14-15-18-21-34-32(37)28-24-29(39-25-30(35)33-22-23-38-2)26-19-16-17-20-27(26)31(28)36/h16-17,19-20,24,36H,3-15,18,21-23,25H2,1-2H3,(H,33,35)(H,34,37). The Morgan fingerprint density at radius 3 is 1.92 bits per heavy atom. The zero-order chi connectivity index (χ0) is 28.1. The molecule has 0 fully saturated rings. The predicted molar refractivity (Wildman–Crippen MR) is 159 cm³/mol. The van der Waals surface area contributed by atoms with Crippen molar-refractivity contribution in [3.8, 4) is 11.5 Å². The molecular weight excluding hydrogens is 492 g/mol. The molecule has 39 heavy (non-hydrogen) atoms. The molecule has 218 valence electrons. The number of fused-ring (bicyclic) bond motifs is 1. The first-order valence-electron chi connectivity index (χ1n) is 15.0. The molecule has 0 bridgehead atoms. The molecule has 0 saturated carbocycles. The van der Waals surface area contributed by atoms with E-state index in [1.807, 2.05) is 6.07 Å². The van der Waals surface area contributed by atoms with Gasteiger partial charge in [-0.05, 0) is 12.5 Å². The summed E-state index contributed by atoms with van der Waals surface area (Å²) in [4.78, 5) is 24.9. The van der Waals surface area contributed by atoms with Gasteiger partial charge in [-0.15, -0.1) is 0 Å². The number of aromatic hydroxyl groups is 1. The average molecular weight is 543 g/mol. The van der Waals surface area contributed by atoms with E-state index in [0.29, 0.717) is 36.2 Å². The Morgan fingerprint density at radius 2 is 1.33 bits per heavy atom. The van der Waals surface area contributed by atoms with Gasteiger partial charge in [-0.3, -0.25) is 9.59 Å². The van der Waals surface area contributed by atoms with Crippen LogP contribution < -0.4 is 15.4 Å². The second-order valence-electron chi connectivity index (χ2n) is 10.3. The molecule has 2 amide bonds. The van der Waals surface area contributed by atoms with Gasteiger partial charge >= 0.3 is 0 Å². The molecule has 3 N–H and O–H groups in total. The highest BCUT2D eigenvalue weighted by Crippen LogP contribution is 2.36. The van der Waals surface area contributed by atoms with Crippen molar-refractivity contribution in [2.45, 2.75) is 96.8 Å². The highest BCUT2D eigenvalue weighted by Gasteiger charge is 2.18. The van der Waals surface area contributed by atoms with Crippen LogP contribution in [-0.2, 0) is 9.53 Å². The van der Waals surface area contributed by atoms with Gasteiger partial charge in [0.05, 0.1) is 12.2 Å². The smallest absolute Gasteiger partial charge is 0.258 e. The topological polar surface area (TPSA) is 96.9 Å². The Morgan fingerprint density at radius 1 is 0.769 bits per heavy atom. The number of methoxy groups -OCH3 is 1. The number of hydrogen-bond donors (Lipinski definition) is 3. The molecule has 7 nitrogen and oxygen atoms in total. The minimum atomic E-state index is -0.345. The number of carbonyl (C=O) groups is 2. The van der Waals surface area contributed by atoms with Crippen molar-refractivity contribution in [1.82, 2.24) is 10.6 Å². The second-order valence-corrected chi connectivity index (χ2v) is 10.3. The van der Waals surface area contributed by atoms with Crippen molar-refractivity contribution in [3.05, 3.63) is 35.9 Å². The molecule has 0 aromatic heterocycles. The number of phenols is 1. The van der Waals surface area contributed by atoms with Crippen molar-refractivity contribution >= 4 is 22.6 Å². The van der Waals surface area contributed by atoms with E-state index in [1.165, 1.54) is 83.1 Å². The van der Waals surface area contributed by atoms with Gasteiger partial charge in [-0.25, -0.2) is 0 Å². The summed E-state index contributed by atoms with van der Waals surface area (Å²) in [5.41, 5.74) is 0.147. The summed E-state index contributed by atoms with van der Waals surface area (Å²) in [5, 5.41) is 17.6. The first-order valence-corrected chi connectivity index (χ1v) is 15.0. The number of phenolic OH excluding ortho intramolecular Hbond substituents is 1. The van der Waals surface area contributed by atoms with Crippen LogP contribution in [0.5, 0.6) is 11.5 Å². The Hall–Kier alpha value is -2.80. The predicted octanol–water partition coefficient (Wildman–Crippen LogP) is 6.90. The van der Waals surface area contributed by atoms with Crippen LogP contribution in [-0.4, -0.2) is 50.3 Å². The fraction of sp³-hybridized carbons (Fsp3) is 0.625. The maximum absolute atomic E-state index is 12.9. The summed E-state index contributed by atoms with van der Waals surface area (Å²) in [6.07, 6.45) is 18.0. The van der Waals surface area contributed by atoms with Gasteiger partial charge in [0.2, 0.25) is 0 Å². The fourth-order valence-electron chi connectivity index (χ4n) is 4.72. The number of amides is 2. The number of unbranched alkanes of at least 4 members (excludes halogenated alkanes) is 13. The number of benzene rings is 2. The van der Waals surface area contributed by atoms with Crippen molar-refractivity contribution in [2.75, 3.05) is 33.4 Å². The number of ether oxygens (including phenoxy) is 2. The van der Waals surface area contributed by atoms with Gasteiger partial charge in [-0.2, -0.15) is 0 Å². The molecule has 2 rings (SSSR count). The number of carbonyl (C=O) groups excluding carboxylic acids is 2. The fourth-order valence-corrected chi connectivity index (χ4v) is 4.72. The zero-order valence-electron chi connectivity index (χ0n) is 24.2. The number of hydrogen-bond acceptors (Lipinski definition) is 5. The molecule has 0 heterocycles. The highest BCUT2D eigenvalue weighted by molar-refractivity contribution is 6.05. The molecule has 0 unspecified atom stereocenters. The molecule has 0 radical (unpaired) electrons. The lowest BCUT2D eigenvalue weighted by atomic mass is 10.0. The minimum Gasteiger partial charge on any atom is -0.506 e. The van der Waals surface area contributed by atoms with Crippen LogP contribution in [0.2, 0.25) is 0 Å². The van der Waals surface area contributed by atoms with Crippen LogP contribution in [0, 0.1) is 0 Å². The maximum atomic E-state index is 12.9. The quantitative estimate of drug-likeness (QED) is 0.141. The van der Waals surface area contributed by atoms with E-state index in [2.05, 4.69) is 17.6 Å². The second kappa shape index (κ2) is 20.2. The molecular formula is C32H50N2O5. The van der Waals surface area contributed by atoms with Crippen molar-refractivity contribution in [1.29, 1.82) is 0 Å². The first kappa shape index (κ1) is 32.4. The van der Waals surface area contributed by atoms with Gasteiger partial charge in [-0.1, -0.05) is 115 Å². The van der Waals surface area contributed by atoms with Crippen LogP contribution in [0.15, 0.2) is 30.3 Å². The summed E-state index contributed by atoms with van der Waals surface area (Å²) >= 11 is 0. The third kappa shape index (κ3) is 12.7. The van der Waals surface area contributed by atoms with Gasteiger partial charge in [0.25, 0.3) is 11.8 Å². The normalized spacial score (nSPS) is 11.0. The Labute approximate surface area is 235 Å². The third-order valence-electron chi connectivity index (χ3n) is 7.03. The van der Waals surface area contributed by atoms with E-state index in [9.17, 15) is 14.7 Å². The molecule has 0 aliphatic rings. The summed E-state index contributed by atoms with van der Waals surface area (Å²) in [7, 11) is 1.57. The van der Waals surface area contributed by atoms with E-state index in [1.54, 1.807) is 25.3 Å². The Kier molecular flexibility index (Phi) is 16.7. The molecule has 0 aliphatic heterocycles. The monoisotopic (exact) mass is 542 g/mol. The average Bonchev–Trinajstić information content (AvgIpc) is 2.95. The lowest BCUT2D eigenvalue weighted by Crippen LogP contribution is -2.31. The molecule has 0 atom stereocenters. The zero-order valence-corrected chi connectivity index (χ0v) is 24.2. The maximum Gasteiger partial charge on any atom is 0.258 e. The van der Waals surface area contributed by atoms with Gasteiger partial charge in [0, 0.05) is 31.0 Å². The number of nitrogens with one attached hydrogen (secondary N) is 2. The van der Waals surface area contributed by atoms with E-state index in [-0.39, 0.29) is 29.7 Å². The van der Waals surface area contributed by atoms with Gasteiger partial charge < -0.3 is 25.2 Å². The van der Waals surface area contributed by atoms with Crippen molar-refractivity contribution in [3.63, 3.8) is 0 Å². The number of rotatable bonds is 22. The molecule has 7 heteroatoms. The van der Waals surface area contributed by atoms with Crippen LogP contribution in [0.3, 0.4) is 0 Å². The van der Waals surface area contributed by atoms with Gasteiger partial charge in [0.1, 0.15) is 11.5 Å². The molecule has 0 aliphatic carbocycles. The van der Waals surface area contributed by atoms with Crippen molar-refractivity contribution in [2.24, 2.45) is 0 Å². The van der Waals surface area contributed by atoms with Crippen LogP contribution in [0.25, 0.3) is 10.8 Å². The van der Waals surface area contributed by atoms with Crippen molar-refractivity contribution < 1.29 is 24.2 Å². The Balaban J connectivity index is 1.70. The third-order valence-corrected chi connectivity index (χ3v) is 7.03. The summed E-state index contributed by atoms with van der Waals surface area (Å²) in [5.74, 6) is -0.330. The lowest BCUT2D eigenvalue weighted by Gasteiger charge is -2.14. The summed E-state index contributed by atoms with van der Waals surface area (Å²) in [6, 6.07) is 8.66. The molecule has 0 spiro atoms. The van der Waals surface area contributed by atoms with E-state index in [0.717, 1.165) is 12.8 Å². The minimum absolute atomic E-state index is 0.0824. The first-order chi connectivity index (χ1) is 19.1. The van der Waals surface area contributed by atoms with Gasteiger partial charge in [0.15, 0.2) is 6.61 Å². The molecule has 2 aromatic rings. The van der Waals surface area contributed by atoms with E-state index < -0.39 is 0 Å². The summed E-state index contributed by atoms with van der Waals surface area (Å²) in [6.45, 7) is 3.43. The molecule has 2 aromatic carbocycles. The molecule has 0 saturated heterocycles. The van der Waals surface area contributed by atoms with Crippen LogP contribution >= 0.6 is 0 Å². The largest absolute Gasteiger partial charge is 0.506 e. The Bertz CT molecular complexity index is 978. The lowest BCUT2D eigenvalue weighted by molar-refractivity contribution is -0.123. The van der Waals surface area contributed by atoms with Crippen LogP contribution in [0.4, 0.5) is 0 Å². The SMILES string of the molecule is CCCCCCCCCCCCCCCCNC(=O)c1cc(OCC(=O)NCCOC)c2ccccc2c1O. The van der Waals surface area contributed by atoms with Crippen LogP contribution in [0.1, 0.15) is 107 Å². The summed E-state index contributed by atoms with van der Waals surface area (Å²) < 4.78 is 10.7. The highest BCUT2D eigenvalue weighted by atomic mass is 16.5. The van der Waals surface area contributed by atoms with E-state index >= 15 is 0 Å². The van der Waals surface area contributed by atoms with E-state index in [4.69, 9.17) is 9.47 Å².